The highest BCUT2D eigenvalue weighted by Gasteiger charge is 2.38. The maximum absolute atomic E-state index is 12.4. The molecule has 0 unspecified atom stereocenters. The molecule has 0 bridgehead atoms. The van der Waals surface area contributed by atoms with E-state index in [4.69, 9.17) is 0 Å². The number of aryl methyl sites for hydroxylation is 1. The summed E-state index contributed by atoms with van der Waals surface area (Å²) >= 11 is 2.10. The molecule has 122 valence electrons. The van der Waals surface area contributed by atoms with Gasteiger partial charge in [-0.3, -0.25) is 4.68 Å². The smallest absolute Gasteiger partial charge is 0.317 e. The van der Waals surface area contributed by atoms with Crippen molar-refractivity contribution in [2.75, 3.05) is 25.4 Å². The van der Waals surface area contributed by atoms with E-state index in [9.17, 15) is 4.79 Å². The molecule has 0 radical (unpaired) electrons. The fourth-order valence-corrected chi connectivity index (χ4v) is 5.07. The first kappa shape index (κ1) is 15.7. The second kappa shape index (κ2) is 7.40. The van der Waals surface area contributed by atoms with Crippen LogP contribution in [0.5, 0.6) is 0 Å². The molecular formula is C16H26N4OS. The van der Waals surface area contributed by atoms with Crippen molar-refractivity contribution in [2.45, 2.75) is 49.8 Å². The highest BCUT2D eigenvalue weighted by molar-refractivity contribution is 8.00. The highest BCUT2D eigenvalue weighted by Crippen LogP contribution is 2.42. The lowest BCUT2D eigenvalue weighted by Gasteiger charge is -2.44. The van der Waals surface area contributed by atoms with E-state index in [0.717, 1.165) is 38.4 Å². The Balaban J connectivity index is 1.41. The molecule has 3 rings (SSSR count). The SMILES string of the molecule is O=C(NCCCn1cccn1)N1CCSC2(CCCCC2)C1. The second-order valence-corrected chi connectivity index (χ2v) is 7.93. The van der Waals surface area contributed by atoms with Gasteiger partial charge in [0.1, 0.15) is 0 Å². The van der Waals surface area contributed by atoms with Crippen LogP contribution in [0.1, 0.15) is 38.5 Å². The Bertz CT molecular complexity index is 465. The Labute approximate surface area is 136 Å². The number of nitrogens with zero attached hydrogens (tertiary/aromatic N) is 3. The monoisotopic (exact) mass is 322 g/mol. The van der Waals surface area contributed by atoms with Crippen molar-refractivity contribution in [3.63, 3.8) is 0 Å². The van der Waals surface area contributed by atoms with Crippen LogP contribution >= 0.6 is 11.8 Å². The third kappa shape index (κ3) is 3.97. The first-order valence-corrected chi connectivity index (χ1v) is 9.40. The summed E-state index contributed by atoms with van der Waals surface area (Å²) in [6, 6.07) is 2.04. The number of carbonyl (C=O) groups excluding carboxylic acids is 1. The summed E-state index contributed by atoms with van der Waals surface area (Å²) in [4.78, 5) is 14.4. The minimum atomic E-state index is 0.116. The fourth-order valence-electron chi connectivity index (χ4n) is 3.50. The fraction of sp³-hybridized carbons (Fsp3) is 0.750. The van der Waals surface area contributed by atoms with E-state index in [2.05, 4.69) is 22.2 Å². The highest BCUT2D eigenvalue weighted by atomic mass is 32.2. The Morgan fingerprint density at radius 2 is 2.18 bits per heavy atom. The first-order valence-electron chi connectivity index (χ1n) is 8.42. The quantitative estimate of drug-likeness (QED) is 0.867. The molecule has 6 heteroatoms. The molecule has 2 aliphatic rings. The van der Waals surface area contributed by atoms with Crippen LogP contribution in [0.4, 0.5) is 4.79 Å². The molecule has 1 aliphatic heterocycles. The van der Waals surface area contributed by atoms with Gasteiger partial charge in [0.25, 0.3) is 0 Å². The third-order valence-corrected chi connectivity index (χ3v) is 6.24. The number of urea groups is 1. The number of thioether (sulfide) groups is 1. The summed E-state index contributed by atoms with van der Waals surface area (Å²) in [5.74, 6) is 1.08. The van der Waals surface area contributed by atoms with Crippen LogP contribution in [-0.2, 0) is 6.54 Å². The van der Waals surface area contributed by atoms with Gasteiger partial charge in [-0.1, -0.05) is 19.3 Å². The lowest BCUT2D eigenvalue weighted by Crippen LogP contribution is -2.52. The van der Waals surface area contributed by atoms with E-state index >= 15 is 0 Å². The zero-order valence-electron chi connectivity index (χ0n) is 13.2. The molecule has 1 aromatic heterocycles. The van der Waals surface area contributed by atoms with E-state index in [1.807, 2.05) is 21.8 Å². The van der Waals surface area contributed by atoms with E-state index < -0.39 is 0 Å². The topological polar surface area (TPSA) is 50.2 Å². The molecule has 1 saturated carbocycles. The van der Waals surface area contributed by atoms with Gasteiger partial charge in [0.15, 0.2) is 0 Å². The summed E-state index contributed by atoms with van der Waals surface area (Å²) < 4.78 is 2.25. The Hall–Kier alpha value is -1.17. The Morgan fingerprint density at radius 3 is 2.95 bits per heavy atom. The van der Waals surface area contributed by atoms with Crippen molar-refractivity contribution in [3.05, 3.63) is 18.5 Å². The van der Waals surface area contributed by atoms with E-state index in [-0.39, 0.29) is 6.03 Å². The van der Waals surface area contributed by atoms with E-state index in [1.54, 1.807) is 6.20 Å². The number of nitrogens with one attached hydrogen (secondary N) is 1. The molecule has 5 nitrogen and oxygen atoms in total. The van der Waals surface area contributed by atoms with Gasteiger partial charge in [0.05, 0.1) is 0 Å². The number of carbonyl (C=O) groups is 1. The second-order valence-electron chi connectivity index (χ2n) is 6.37. The van der Waals surface area contributed by atoms with Gasteiger partial charge in [-0.15, -0.1) is 0 Å². The molecule has 22 heavy (non-hydrogen) atoms. The van der Waals surface area contributed by atoms with Gasteiger partial charge in [-0.2, -0.15) is 16.9 Å². The van der Waals surface area contributed by atoms with Crippen molar-refractivity contribution < 1.29 is 4.79 Å². The number of hydrogen-bond donors (Lipinski definition) is 1. The van der Waals surface area contributed by atoms with Crippen LogP contribution in [-0.4, -0.2) is 50.8 Å². The Kier molecular flexibility index (Phi) is 5.28. The molecule has 1 aliphatic carbocycles. The zero-order chi connectivity index (χ0) is 15.3. The molecule has 1 saturated heterocycles. The van der Waals surface area contributed by atoms with Gasteiger partial charge in [0.2, 0.25) is 0 Å². The average molecular weight is 322 g/mol. The van der Waals surface area contributed by atoms with E-state index in [1.165, 1.54) is 32.1 Å². The van der Waals surface area contributed by atoms with Gasteiger partial charge in [-0.25, -0.2) is 4.79 Å². The molecule has 1 N–H and O–H groups in total. The zero-order valence-corrected chi connectivity index (χ0v) is 14.0. The number of rotatable bonds is 4. The summed E-state index contributed by atoms with van der Waals surface area (Å²) in [6.45, 7) is 3.39. The van der Waals surface area contributed by atoms with Crippen LogP contribution in [0.25, 0.3) is 0 Å². The van der Waals surface area contributed by atoms with Crippen LogP contribution in [0, 0.1) is 0 Å². The largest absolute Gasteiger partial charge is 0.338 e. The van der Waals surface area contributed by atoms with Crippen LogP contribution in [0.15, 0.2) is 18.5 Å². The minimum absolute atomic E-state index is 0.116. The summed E-state index contributed by atoms with van der Waals surface area (Å²) in [6.07, 6.45) is 11.2. The molecular weight excluding hydrogens is 296 g/mol. The number of hydrogen-bond acceptors (Lipinski definition) is 3. The number of amides is 2. The summed E-state index contributed by atoms with van der Waals surface area (Å²) in [5, 5.41) is 7.24. The third-order valence-electron chi connectivity index (χ3n) is 4.70. The predicted octanol–water partition coefficient (Wildman–Crippen LogP) is 2.73. The van der Waals surface area contributed by atoms with Crippen LogP contribution in [0.2, 0.25) is 0 Å². The van der Waals surface area contributed by atoms with Gasteiger partial charge >= 0.3 is 6.03 Å². The standard InChI is InChI=1S/C16H26N4OS/c21-15(17-8-4-10-20-11-5-9-18-20)19-12-13-22-16(14-19)6-2-1-3-7-16/h5,9,11H,1-4,6-8,10,12-14H2,(H,17,21). The average Bonchev–Trinajstić information content (AvgIpc) is 3.05. The molecule has 1 aromatic rings. The Morgan fingerprint density at radius 1 is 1.32 bits per heavy atom. The molecule has 2 amide bonds. The lowest BCUT2D eigenvalue weighted by molar-refractivity contribution is 0.185. The lowest BCUT2D eigenvalue weighted by atomic mass is 9.87. The maximum atomic E-state index is 12.4. The van der Waals surface area contributed by atoms with Crippen molar-refractivity contribution in [1.29, 1.82) is 0 Å². The van der Waals surface area contributed by atoms with Crippen molar-refractivity contribution in [3.8, 4) is 0 Å². The van der Waals surface area contributed by atoms with Gasteiger partial charge in [0, 0.05) is 49.1 Å². The van der Waals surface area contributed by atoms with Crippen molar-refractivity contribution in [2.24, 2.45) is 0 Å². The van der Waals surface area contributed by atoms with Crippen LogP contribution < -0.4 is 5.32 Å². The molecule has 0 aromatic carbocycles. The predicted molar refractivity (Wildman–Crippen MR) is 90.1 cm³/mol. The van der Waals surface area contributed by atoms with Crippen molar-refractivity contribution >= 4 is 17.8 Å². The first-order chi connectivity index (χ1) is 10.8. The molecule has 2 fully saturated rings. The molecule has 0 atom stereocenters. The van der Waals surface area contributed by atoms with Crippen LogP contribution in [0.3, 0.4) is 0 Å². The van der Waals surface area contributed by atoms with Gasteiger partial charge in [-0.05, 0) is 25.3 Å². The summed E-state index contributed by atoms with van der Waals surface area (Å²) in [7, 11) is 0. The molecule has 1 spiro atoms. The van der Waals surface area contributed by atoms with E-state index in [0.29, 0.717) is 4.75 Å². The minimum Gasteiger partial charge on any atom is -0.338 e. The normalized spacial score (nSPS) is 21.0. The van der Waals surface area contributed by atoms with Gasteiger partial charge < -0.3 is 10.2 Å². The van der Waals surface area contributed by atoms with Crippen molar-refractivity contribution in [1.82, 2.24) is 20.0 Å². The number of aromatic nitrogens is 2. The summed E-state index contributed by atoms with van der Waals surface area (Å²) in [5.41, 5.74) is 0. The molecule has 2 heterocycles. The maximum Gasteiger partial charge on any atom is 0.317 e.